The molecule has 1 aromatic rings. The van der Waals surface area contributed by atoms with Gasteiger partial charge < -0.3 is 11.1 Å². The van der Waals surface area contributed by atoms with Crippen LogP contribution in [-0.4, -0.2) is 11.9 Å². The van der Waals surface area contributed by atoms with Gasteiger partial charge in [0.2, 0.25) is 0 Å². The van der Waals surface area contributed by atoms with Gasteiger partial charge in [0.25, 0.3) is 5.91 Å². The SMILES string of the molecule is CC1CC1NC(=O)c1cc(N)cc(Cl)c1Cl. The van der Waals surface area contributed by atoms with E-state index in [4.69, 9.17) is 28.9 Å². The summed E-state index contributed by atoms with van der Waals surface area (Å²) < 4.78 is 0. The molecule has 3 N–H and O–H groups in total. The van der Waals surface area contributed by atoms with Gasteiger partial charge in [0.15, 0.2) is 0 Å². The van der Waals surface area contributed by atoms with Crippen LogP contribution in [0.2, 0.25) is 10.0 Å². The number of amides is 1. The lowest BCUT2D eigenvalue weighted by molar-refractivity contribution is 0.0949. The van der Waals surface area contributed by atoms with Gasteiger partial charge in [-0.3, -0.25) is 4.79 Å². The molecule has 1 amide bonds. The second kappa shape index (κ2) is 4.15. The number of halogens is 2. The first-order valence-electron chi connectivity index (χ1n) is 5.04. The second-order valence-electron chi connectivity index (χ2n) is 4.16. The van der Waals surface area contributed by atoms with Crippen LogP contribution in [0.25, 0.3) is 0 Å². The third kappa shape index (κ3) is 2.25. The molecule has 0 bridgehead atoms. The van der Waals surface area contributed by atoms with E-state index < -0.39 is 0 Å². The lowest BCUT2D eigenvalue weighted by atomic mass is 10.2. The Morgan fingerprint density at radius 2 is 2.12 bits per heavy atom. The highest BCUT2D eigenvalue weighted by atomic mass is 35.5. The van der Waals surface area contributed by atoms with Crippen molar-refractivity contribution in [2.24, 2.45) is 5.92 Å². The summed E-state index contributed by atoms with van der Waals surface area (Å²) in [5.41, 5.74) is 6.39. The van der Waals surface area contributed by atoms with E-state index >= 15 is 0 Å². The number of hydrogen-bond acceptors (Lipinski definition) is 2. The van der Waals surface area contributed by atoms with Crippen LogP contribution in [0.4, 0.5) is 5.69 Å². The maximum atomic E-state index is 11.9. The van der Waals surface area contributed by atoms with Crippen molar-refractivity contribution in [2.75, 3.05) is 5.73 Å². The third-order valence-corrected chi connectivity index (χ3v) is 3.52. The number of nitrogens with one attached hydrogen (secondary N) is 1. The van der Waals surface area contributed by atoms with E-state index in [2.05, 4.69) is 12.2 Å². The van der Waals surface area contributed by atoms with E-state index in [1.165, 1.54) is 12.1 Å². The molecule has 1 aromatic carbocycles. The van der Waals surface area contributed by atoms with Crippen molar-refractivity contribution in [1.29, 1.82) is 0 Å². The van der Waals surface area contributed by atoms with Crippen LogP contribution in [0.5, 0.6) is 0 Å². The van der Waals surface area contributed by atoms with Crippen molar-refractivity contribution < 1.29 is 4.79 Å². The predicted octanol–water partition coefficient (Wildman–Crippen LogP) is 2.71. The average Bonchev–Trinajstić information content (AvgIpc) is 2.87. The van der Waals surface area contributed by atoms with Gasteiger partial charge in [-0.2, -0.15) is 0 Å². The molecule has 0 aliphatic heterocycles. The molecule has 1 aliphatic carbocycles. The van der Waals surface area contributed by atoms with Crippen LogP contribution in [0, 0.1) is 5.92 Å². The van der Waals surface area contributed by atoms with Crippen LogP contribution in [-0.2, 0) is 0 Å². The number of hydrogen-bond donors (Lipinski definition) is 2. The molecule has 0 aromatic heterocycles. The van der Waals surface area contributed by atoms with Crippen molar-refractivity contribution in [1.82, 2.24) is 5.32 Å². The van der Waals surface area contributed by atoms with Gasteiger partial charge >= 0.3 is 0 Å². The van der Waals surface area contributed by atoms with E-state index in [9.17, 15) is 4.79 Å². The first kappa shape index (κ1) is 11.6. The highest BCUT2D eigenvalue weighted by Crippen LogP contribution is 2.32. The molecule has 0 heterocycles. The molecule has 5 heteroatoms. The number of carbonyl (C=O) groups is 1. The van der Waals surface area contributed by atoms with E-state index in [1.807, 2.05) is 0 Å². The normalized spacial score (nSPS) is 22.9. The number of rotatable bonds is 2. The Kier molecular flexibility index (Phi) is 3.00. The maximum Gasteiger partial charge on any atom is 0.253 e. The van der Waals surface area contributed by atoms with Crippen LogP contribution >= 0.6 is 23.2 Å². The third-order valence-electron chi connectivity index (χ3n) is 2.72. The molecule has 0 spiro atoms. The van der Waals surface area contributed by atoms with Crippen molar-refractivity contribution in [2.45, 2.75) is 19.4 Å². The molecule has 1 saturated carbocycles. The monoisotopic (exact) mass is 258 g/mol. The van der Waals surface area contributed by atoms with E-state index in [0.29, 0.717) is 22.2 Å². The quantitative estimate of drug-likeness (QED) is 0.802. The van der Waals surface area contributed by atoms with Gasteiger partial charge in [0.1, 0.15) is 0 Å². The highest BCUT2D eigenvalue weighted by Gasteiger charge is 2.34. The number of nitrogen functional groups attached to an aromatic ring is 1. The molecule has 0 saturated heterocycles. The predicted molar refractivity (Wildman–Crippen MR) is 65.9 cm³/mol. The van der Waals surface area contributed by atoms with Crippen LogP contribution in [0.1, 0.15) is 23.7 Å². The fourth-order valence-electron chi connectivity index (χ4n) is 1.54. The zero-order valence-electron chi connectivity index (χ0n) is 8.76. The minimum Gasteiger partial charge on any atom is -0.399 e. The Bertz CT molecular complexity index is 448. The molecule has 2 atom stereocenters. The molecule has 16 heavy (non-hydrogen) atoms. The van der Waals surface area contributed by atoms with Gasteiger partial charge in [-0.05, 0) is 24.5 Å². The summed E-state index contributed by atoms with van der Waals surface area (Å²) in [4.78, 5) is 11.9. The molecule has 86 valence electrons. The summed E-state index contributed by atoms with van der Waals surface area (Å²) in [6.45, 7) is 2.08. The zero-order valence-corrected chi connectivity index (χ0v) is 10.3. The molecule has 3 nitrogen and oxygen atoms in total. The van der Waals surface area contributed by atoms with Crippen LogP contribution in [0.3, 0.4) is 0 Å². The average molecular weight is 259 g/mol. The summed E-state index contributed by atoms with van der Waals surface area (Å²) in [6.07, 6.45) is 1.01. The number of nitrogens with two attached hydrogens (primary N) is 1. The minimum atomic E-state index is -0.214. The minimum absolute atomic E-state index is 0.214. The lowest BCUT2D eigenvalue weighted by Gasteiger charge is -2.08. The largest absolute Gasteiger partial charge is 0.399 e. The lowest BCUT2D eigenvalue weighted by Crippen LogP contribution is -2.26. The topological polar surface area (TPSA) is 55.1 Å². The second-order valence-corrected chi connectivity index (χ2v) is 4.94. The Morgan fingerprint density at radius 1 is 1.50 bits per heavy atom. The fourth-order valence-corrected chi connectivity index (χ4v) is 1.97. The van der Waals surface area contributed by atoms with Crippen LogP contribution < -0.4 is 11.1 Å². The molecule has 1 aliphatic rings. The van der Waals surface area contributed by atoms with E-state index in [1.54, 1.807) is 0 Å². The Labute approximate surface area is 104 Å². The molecule has 0 radical (unpaired) electrons. The van der Waals surface area contributed by atoms with Crippen molar-refractivity contribution in [3.8, 4) is 0 Å². The van der Waals surface area contributed by atoms with Crippen molar-refractivity contribution in [3.63, 3.8) is 0 Å². The Balaban J connectivity index is 2.22. The standard InChI is InChI=1S/C11H12Cl2N2O/c1-5-2-9(5)15-11(16)7-3-6(14)4-8(12)10(7)13/h3-5,9H,2,14H2,1H3,(H,15,16). The summed E-state index contributed by atoms with van der Waals surface area (Å²) >= 11 is 11.8. The van der Waals surface area contributed by atoms with Gasteiger partial charge in [0.05, 0.1) is 15.6 Å². The van der Waals surface area contributed by atoms with Crippen molar-refractivity contribution >= 4 is 34.8 Å². The summed E-state index contributed by atoms with van der Waals surface area (Å²) in [5, 5.41) is 3.43. The summed E-state index contributed by atoms with van der Waals surface area (Å²) in [7, 11) is 0. The summed E-state index contributed by atoms with van der Waals surface area (Å²) in [6, 6.07) is 3.32. The Hall–Kier alpha value is -0.930. The number of carbonyl (C=O) groups excluding carboxylic acids is 1. The maximum absolute atomic E-state index is 11.9. The fraction of sp³-hybridized carbons (Fsp3) is 0.364. The molecular weight excluding hydrogens is 247 g/mol. The highest BCUT2D eigenvalue weighted by molar-refractivity contribution is 6.44. The molecular formula is C11H12Cl2N2O. The number of benzene rings is 1. The van der Waals surface area contributed by atoms with E-state index in [0.717, 1.165) is 6.42 Å². The molecule has 2 rings (SSSR count). The van der Waals surface area contributed by atoms with Gasteiger partial charge in [-0.1, -0.05) is 30.1 Å². The number of anilines is 1. The molecule has 1 fully saturated rings. The zero-order chi connectivity index (χ0) is 11.9. The summed E-state index contributed by atoms with van der Waals surface area (Å²) in [5.74, 6) is 0.327. The van der Waals surface area contributed by atoms with Gasteiger partial charge in [-0.25, -0.2) is 0 Å². The molecule has 2 unspecified atom stereocenters. The van der Waals surface area contributed by atoms with Gasteiger partial charge in [-0.15, -0.1) is 0 Å². The van der Waals surface area contributed by atoms with Crippen molar-refractivity contribution in [3.05, 3.63) is 27.7 Å². The van der Waals surface area contributed by atoms with E-state index in [-0.39, 0.29) is 17.0 Å². The van der Waals surface area contributed by atoms with Gasteiger partial charge in [0, 0.05) is 11.7 Å². The first-order valence-corrected chi connectivity index (χ1v) is 5.80. The smallest absolute Gasteiger partial charge is 0.253 e. The Morgan fingerprint density at radius 3 is 2.69 bits per heavy atom. The van der Waals surface area contributed by atoms with Crippen LogP contribution in [0.15, 0.2) is 12.1 Å². The first-order chi connectivity index (χ1) is 7.49.